The van der Waals surface area contributed by atoms with E-state index in [-0.39, 0.29) is 5.75 Å². The van der Waals surface area contributed by atoms with Gasteiger partial charge in [0.05, 0.1) is 6.20 Å². The molecule has 0 amide bonds. The average Bonchev–Trinajstić information content (AvgIpc) is 2.47. The summed E-state index contributed by atoms with van der Waals surface area (Å²) in [6.45, 7) is 1.80. The molecule has 5 nitrogen and oxygen atoms in total. The monoisotopic (exact) mass is 166 g/mol. The van der Waals surface area contributed by atoms with Crippen molar-refractivity contribution in [2.24, 2.45) is 10.7 Å². The van der Waals surface area contributed by atoms with E-state index in [0.29, 0.717) is 5.82 Å². The van der Waals surface area contributed by atoms with Crippen molar-refractivity contribution in [1.82, 2.24) is 10.2 Å². The van der Waals surface area contributed by atoms with Gasteiger partial charge in [-0.3, -0.25) is 5.10 Å². The Bertz CT molecular complexity index is 313. The second kappa shape index (κ2) is 3.56. The predicted molar refractivity (Wildman–Crippen MR) is 46.3 cm³/mol. The van der Waals surface area contributed by atoms with Crippen LogP contribution in [0.4, 0.5) is 5.82 Å². The van der Waals surface area contributed by atoms with E-state index in [2.05, 4.69) is 15.2 Å². The topological polar surface area (TPSA) is 87.3 Å². The van der Waals surface area contributed by atoms with Crippen molar-refractivity contribution in [1.29, 1.82) is 0 Å². The fraction of sp³-hybridized carbons (Fsp3) is 0.143. The van der Waals surface area contributed by atoms with E-state index >= 15 is 0 Å². The van der Waals surface area contributed by atoms with Crippen molar-refractivity contribution in [3.8, 4) is 5.75 Å². The number of rotatable bonds is 2. The van der Waals surface area contributed by atoms with E-state index in [1.807, 2.05) is 0 Å². The van der Waals surface area contributed by atoms with Gasteiger partial charge in [0.1, 0.15) is 0 Å². The maximum atomic E-state index is 9.08. The summed E-state index contributed by atoms with van der Waals surface area (Å²) >= 11 is 0. The Morgan fingerprint density at radius 3 is 3.08 bits per heavy atom. The second-order valence-electron chi connectivity index (χ2n) is 2.27. The number of aromatic nitrogens is 2. The first-order valence-corrected chi connectivity index (χ1v) is 3.39. The van der Waals surface area contributed by atoms with Gasteiger partial charge in [0.15, 0.2) is 11.6 Å². The van der Waals surface area contributed by atoms with E-state index in [1.165, 1.54) is 18.6 Å². The number of hydrogen-bond donors (Lipinski definition) is 3. The smallest absolute Gasteiger partial charge is 0.190 e. The van der Waals surface area contributed by atoms with Gasteiger partial charge in [-0.1, -0.05) is 0 Å². The molecule has 0 aliphatic rings. The second-order valence-corrected chi connectivity index (χ2v) is 2.27. The molecule has 1 rings (SSSR count). The number of aliphatic imine (C=N–C) groups is 1. The van der Waals surface area contributed by atoms with E-state index in [0.717, 1.165) is 5.57 Å². The molecule has 0 aromatic carbocycles. The van der Waals surface area contributed by atoms with Crippen molar-refractivity contribution in [3.63, 3.8) is 0 Å². The van der Waals surface area contributed by atoms with Crippen molar-refractivity contribution in [3.05, 3.63) is 18.0 Å². The average molecular weight is 166 g/mol. The van der Waals surface area contributed by atoms with Crippen LogP contribution in [0.3, 0.4) is 0 Å². The molecular formula is C7H10N4O. The van der Waals surface area contributed by atoms with Crippen LogP contribution in [0.1, 0.15) is 6.92 Å². The van der Waals surface area contributed by atoms with Crippen LogP contribution in [0.2, 0.25) is 0 Å². The molecule has 0 aliphatic carbocycles. The van der Waals surface area contributed by atoms with Gasteiger partial charge >= 0.3 is 0 Å². The van der Waals surface area contributed by atoms with Crippen molar-refractivity contribution < 1.29 is 5.11 Å². The van der Waals surface area contributed by atoms with E-state index in [1.54, 1.807) is 6.92 Å². The Kier molecular flexibility index (Phi) is 2.47. The van der Waals surface area contributed by atoms with Crippen LogP contribution < -0.4 is 5.73 Å². The van der Waals surface area contributed by atoms with E-state index in [4.69, 9.17) is 10.8 Å². The summed E-state index contributed by atoms with van der Waals surface area (Å²) < 4.78 is 0. The van der Waals surface area contributed by atoms with Crippen molar-refractivity contribution >= 4 is 12.0 Å². The van der Waals surface area contributed by atoms with Gasteiger partial charge < -0.3 is 10.8 Å². The largest absolute Gasteiger partial charge is 0.503 e. The normalized spacial score (nSPS) is 12.6. The third-order valence-electron chi connectivity index (χ3n) is 1.26. The number of nitrogens with zero attached hydrogens (tertiary/aromatic N) is 2. The lowest BCUT2D eigenvalue weighted by atomic mass is 10.4. The van der Waals surface area contributed by atoms with E-state index < -0.39 is 0 Å². The molecule has 0 spiro atoms. The highest BCUT2D eigenvalue weighted by Crippen LogP contribution is 2.20. The van der Waals surface area contributed by atoms with Gasteiger partial charge in [-0.15, -0.1) is 0 Å². The first kappa shape index (κ1) is 8.32. The van der Waals surface area contributed by atoms with Gasteiger partial charge in [-0.25, -0.2) is 4.99 Å². The number of hydrogen-bond acceptors (Lipinski definition) is 4. The lowest BCUT2D eigenvalue weighted by molar-refractivity contribution is 0.477. The molecule has 0 saturated carbocycles. The molecule has 0 unspecified atom stereocenters. The maximum absolute atomic E-state index is 9.08. The molecule has 12 heavy (non-hydrogen) atoms. The molecule has 5 heteroatoms. The maximum Gasteiger partial charge on any atom is 0.190 e. The van der Waals surface area contributed by atoms with Gasteiger partial charge in [0.2, 0.25) is 0 Å². The molecular weight excluding hydrogens is 156 g/mol. The Morgan fingerprint density at radius 1 is 1.83 bits per heavy atom. The third kappa shape index (κ3) is 1.85. The van der Waals surface area contributed by atoms with Crippen LogP contribution in [0.15, 0.2) is 23.0 Å². The molecule has 1 heterocycles. The number of nitrogens with one attached hydrogen (secondary N) is 1. The molecule has 0 radical (unpaired) electrons. The molecule has 0 saturated heterocycles. The first-order valence-electron chi connectivity index (χ1n) is 3.39. The summed E-state index contributed by atoms with van der Waals surface area (Å²) in [5.41, 5.74) is 6.02. The number of H-pyrrole nitrogens is 1. The minimum Gasteiger partial charge on any atom is -0.503 e. The van der Waals surface area contributed by atoms with Crippen molar-refractivity contribution in [2.75, 3.05) is 0 Å². The van der Waals surface area contributed by atoms with Crippen molar-refractivity contribution in [2.45, 2.75) is 6.92 Å². The van der Waals surface area contributed by atoms with Crippen LogP contribution in [-0.4, -0.2) is 21.5 Å². The Morgan fingerprint density at radius 2 is 2.58 bits per heavy atom. The molecule has 1 aromatic rings. The first-order chi connectivity index (χ1) is 5.74. The number of aromatic hydroxyl groups is 1. The Labute approximate surface area is 69.6 Å². The third-order valence-corrected chi connectivity index (χ3v) is 1.26. The zero-order valence-corrected chi connectivity index (χ0v) is 6.65. The number of nitrogens with two attached hydrogens (primary N) is 1. The molecule has 0 atom stereocenters. The van der Waals surface area contributed by atoms with E-state index in [9.17, 15) is 0 Å². The minimum atomic E-state index is 0.0241. The highest BCUT2D eigenvalue weighted by Gasteiger charge is 1.97. The van der Waals surface area contributed by atoms with Crippen LogP contribution in [-0.2, 0) is 0 Å². The summed E-state index contributed by atoms with van der Waals surface area (Å²) in [4.78, 5) is 3.90. The number of aromatic amines is 1. The minimum absolute atomic E-state index is 0.0241. The molecule has 1 aromatic heterocycles. The molecule has 4 N–H and O–H groups in total. The van der Waals surface area contributed by atoms with Crippen LogP contribution >= 0.6 is 0 Å². The van der Waals surface area contributed by atoms with Crippen LogP contribution in [0.5, 0.6) is 5.75 Å². The van der Waals surface area contributed by atoms with Gasteiger partial charge in [0, 0.05) is 6.21 Å². The highest BCUT2D eigenvalue weighted by atomic mass is 16.3. The zero-order chi connectivity index (χ0) is 8.97. The Hall–Kier alpha value is -1.78. The fourth-order valence-corrected chi connectivity index (χ4v) is 0.577. The zero-order valence-electron chi connectivity index (χ0n) is 6.65. The molecule has 0 fully saturated rings. The quantitative estimate of drug-likeness (QED) is 0.564. The van der Waals surface area contributed by atoms with Gasteiger partial charge in [-0.05, 0) is 18.7 Å². The number of allylic oxidation sites excluding steroid dienone is 1. The lowest BCUT2D eigenvalue weighted by Gasteiger charge is -1.88. The van der Waals surface area contributed by atoms with Crippen LogP contribution in [0.25, 0.3) is 0 Å². The molecule has 64 valence electrons. The Balaban J connectivity index is 2.76. The van der Waals surface area contributed by atoms with Gasteiger partial charge in [0.25, 0.3) is 0 Å². The molecule has 0 aliphatic heterocycles. The SMILES string of the molecule is CC(C=Nc1[nH]ncc1O)=CN. The summed E-state index contributed by atoms with van der Waals surface area (Å²) in [7, 11) is 0. The fourth-order valence-electron chi connectivity index (χ4n) is 0.577. The highest BCUT2D eigenvalue weighted by molar-refractivity contribution is 5.80. The van der Waals surface area contributed by atoms with Gasteiger partial charge in [-0.2, -0.15) is 5.10 Å². The summed E-state index contributed by atoms with van der Waals surface area (Å²) in [5.74, 6) is 0.354. The van der Waals surface area contributed by atoms with Crippen LogP contribution in [0, 0.1) is 0 Å². The summed E-state index contributed by atoms with van der Waals surface area (Å²) in [6, 6.07) is 0. The lowest BCUT2D eigenvalue weighted by Crippen LogP contribution is -1.84. The standard InChI is InChI=1S/C7H10N4O/c1-5(2-8)3-9-7-6(12)4-10-11-7/h2-4,12H,8H2,1H3,(H,10,11). The molecule has 0 bridgehead atoms. The predicted octanol–water partition coefficient (Wildman–Crippen LogP) is 0.680. The summed E-state index contributed by atoms with van der Waals surface area (Å²) in [6.07, 6.45) is 4.25. The summed E-state index contributed by atoms with van der Waals surface area (Å²) in [5, 5.41) is 15.2.